The maximum atomic E-state index is 13.5. The van der Waals surface area contributed by atoms with Gasteiger partial charge in [0.25, 0.3) is 0 Å². The first-order valence-electron chi connectivity index (χ1n) is 6.74. The largest absolute Gasteiger partial charge is 0.352 e. The van der Waals surface area contributed by atoms with Gasteiger partial charge in [-0.3, -0.25) is 9.59 Å². The monoisotopic (exact) mass is 280 g/mol. The van der Waals surface area contributed by atoms with E-state index in [4.69, 9.17) is 0 Å². The molecule has 0 aliphatic rings. The molecule has 20 heavy (non-hydrogen) atoms. The number of carbonyl (C=O) groups is 2. The molecule has 0 heterocycles. The molecule has 0 saturated carbocycles. The Bertz CT molecular complexity index is 475. The van der Waals surface area contributed by atoms with Gasteiger partial charge in [-0.2, -0.15) is 0 Å². The van der Waals surface area contributed by atoms with Gasteiger partial charge in [-0.15, -0.1) is 0 Å². The number of amides is 2. The van der Waals surface area contributed by atoms with Crippen LogP contribution >= 0.6 is 0 Å². The van der Waals surface area contributed by atoms with Gasteiger partial charge in [-0.05, 0) is 32.4 Å². The Balaban J connectivity index is 2.64. The first-order valence-corrected chi connectivity index (χ1v) is 6.74. The van der Waals surface area contributed by atoms with Crippen LogP contribution in [0.15, 0.2) is 24.3 Å². The number of rotatable bonds is 6. The van der Waals surface area contributed by atoms with Crippen LogP contribution in [0.1, 0.15) is 26.3 Å². The van der Waals surface area contributed by atoms with Gasteiger partial charge < -0.3 is 10.2 Å². The van der Waals surface area contributed by atoms with Crippen LogP contribution in [0.2, 0.25) is 0 Å². The maximum Gasteiger partial charge on any atom is 0.239 e. The average molecular weight is 280 g/mol. The van der Waals surface area contributed by atoms with Gasteiger partial charge in [0.05, 0.1) is 13.0 Å². The van der Waals surface area contributed by atoms with Crippen LogP contribution in [0.25, 0.3) is 0 Å². The van der Waals surface area contributed by atoms with Crippen LogP contribution in [-0.2, 0) is 16.0 Å². The van der Waals surface area contributed by atoms with Crippen LogP contribution in [-0.4, -0.2) is 35.8 Å². The summed E-state index contributed by atoms with van der Waals surface area (Å²) in [6.07, 6.45) is -0.0323. The van der Waals surface area contributed by atoms with Crippen molar-refractivity contribution < 1.29 is 14.0 Å². The molecule has 0 unspecified atom stereocenters. The minimum absolute atomic E-state index is 0.00195. The Morgan fingerprint density at radius 2 is 1.95 bits per heavy atom. The Labute approximate surface area is 119 Å². The molecule has 0 aromatic heterocycles. The highest BCUT2D eigenvalue weighted by molar-refractivity contribution is 5.85. The van der Waals surface area contributed by atoms with E-state index in [1.165, 1.54) is 11.0 Å². The number of hydrogen-bond acceptors (Lipinski definition) is 2. The first kappa shape index (κ1) is 16.1. The lowest BCUT2D eigenvalue weighted by Crippen LogP contribution is -2.43. The van der Waals surface area contributed by atoms with Gasteiger partial charge >= 0.3 is 0 Å². The van der Waals surface area contributed by atoms with Crippen molar-refractivity contribution in [2.75, 3.05) is 13.1 Å². The normalized spacial score (nSPS) is 10.4. The molecule has 1 aromatic carbocycles. The van der Waals surface area contributed by atoms with E-state index in [9.17, 15) is 14.0 Å². The second kappa shape index (κ2) is 7.62. The molecule has 0 bridgehead atoms. The molecule has 110 valence electrons. The molecular weight excluding hydrogens is 259 g/mol. The summed E-state index contributed by atoms with van der Waals surface area (Å²) in [5.41, 5.74) is 0.347. The number of benzene rings is 1. The van der Waals surface area contributed by atoms with Crippen molar-refractivity contribution in [3.8, 4) is 0 Å². The predicted octanol–water partition coefficient (Wildman–Crippen LogP) is 1.74. The van der Waals surface area contributed by atoms with Crippen molar-refractivity contribution in [1.82, 2.24) is 10.2 Å². The Hall–Kier alpha value is -1.91. The molecule has 0 radical (unpaired) electrons. The molecule has 1 rings (SSSR count). The topological polar surface area (TPSA) is 49.4 Å². The van der Waals surface area contributed by atoms with Gasteiger partial charge in [-0.25, -0.2) is 4.39 Å². The van der Waals surface area contributed by atoms with Crippen LogP contribution in [0, 0.1) is 5.82 Å². The lowest BCUT2D eigenvalue weighted by molar-refractivity contribution is -0.135. The van der Waals surface area contributed by atoms with Crippen molar-refractivity contribution in [3.63, 3.8) is 0 Å². The molecule has 5 heteroatoms. The van der Waals surface area contributed by atoms with Gasteiger partial charge in [0.15, 0.2) is 0 Å². The molecule has 0 aliphatic heterocycles. The molecule has 0 aliphatic carbocycles. The summed E-state index contributed by atoms with van der Waals surface area (Å²) in [7, 11) is 0. The summed E-state index contributed by atoms with van der Waals surface area (Å²) in [4.78, 5) is 25.2. The van der Waals surface area contributed by atoms with E-state index in [1.54, 1.807) is 25.1 Å². The van der Waals surface area contributed by atoms with E-state index < -0.39 is 5.82 Å². The summed E-state index contributed by atoms with van der Waals surface area (Å²) >= 11 is 0. The van der Waals surface area contributed by atoms with E-state index in [-0.39, 0.29) is 30.8 Å². The number of nitrogens with one attached hydrogen (secondary N) is 1. The predicted molar refractivity (Wildman–Crippen MR) is 75.6 cm³/mol. The van der Waals surface area contributed by atoms with Crippen molar-refractivity contribution in [2.24, 2.45) is 0 Å². The van der Waals surface area contributed by atoms with E-state index in [0.29, 0.717) is 12.1 Å². The fourth-order valence-corrected chi connectivity index (χ4v) is 1.83. The van der Waals surface area contributed by atoms with Crippen molar-refractivity contribution >= 4 is 11.8 Å². The van der Waals surface area contributed by atoms with Crippen LogP contribution in [0.4, 0.5) is 4.39 Å². The van der Waals surface area contributed by atoms with E-state index >= 15 is 0 Å². The summed E-state index contributed by atoms with van der Waals surface area (Å²) < 4.78 is 13.5. The Kier molecular flexibility index (Phi) is 6.15. The molecule has 0 atom stereocenters. The van der Waals surface area contributed by atoms with Crippen molar-refractivity contribution in [1.29, 1.82) is 0 Å². The molecule has 2 amide bonds. The highest BCUT2D eigenvalue weighted by atomic mass is 19.1. The number of nitrogens with zero attached hydrogens (tertiary/aromatic N) is 1. The van der Waals surface area contributed by atoms with Crippen molar-refractivity contribution in [2.45, 2.75) is 33.2 Å². The summed E-state index contributed by atoms with van der Waals surface area (Å²) in [6, 6.07) is 6.20. The third-order valence-electron chi connectivity index (χ3n) is 2.82. The second-order valence-electron chi connectivity index (χ2n) is 4.90. The SMILES string of the molecule is CCN(CC(=O)NC(C)C)C(=O)Cc1ccccc1F. The number of likely N-dealkylation sites (N-methyl/N-ethyl adjacent to an activating group) is 1. The van der Waals surface area contributed by atoms with Gasteiger partial charge in [0, 0.05) is 12.6 Å². The Morgan fingerprint density at radius 3 is 2.50 bits per heavy atom. The molecule has 0 saturated heterocycles. The van der Waals surface area contributed by atoms with Gasteiger partial charge in [0.2, 0.25) is 11.8 Å². The zero-order valence-electron chi connectivity index (χ0n) is 12.1. The molecule has 0 spiro atoms. The highest BCUT2D eigenvalue weighted by Crippen LogP contribution is 2.08. The fourth-order valence-electron chi connectivity index (χ4n) is 1.83. The van der Waals surface area contributed by atoms with Crippen molar-refractivity contribution in [3.05, 3.63) is 35.6 Å². The van der Waals surface area contributed by atoms with E-state index in [1.807, 2.05) is 13.8 Å². The van der Waals surface area contributed by atoms with E-state index in [2.05, 4.69) is 5.32 Å². The maximum absolute atomic E-state index is 13.5. The summed E-state index contributed by atoms with van der Waals surface area (Å²) in [5, 5.41) is 2.73. The zero-order valence-corrected chi connectivity index (χ0v) is 12.1. The second-order valence-corrected chi connectivity index (χ2v) is 4.90. The minimum Gasteiger partial charge on any atom is -0.352 e. The number of hydrogen-bond donors (Lipinski definition) is 1. The lowest BCUT2D eigenvalue weighted by Gasteiger charge is -2.21. The molecular formula is C15H21FN2O2. The lowest BCUT2D eigenvalue weighted by atomic mass is 10.1. The third kappa shape index (κ3) is 4.99. The summed E-state index contributed by atoms with van der Waals surface area (Å²) in [6.45, 7) is 5.92. The number of halogens is 1. The average Bonchev–Trinajstić information content (AvgIpc) is 2.37. The van der Waals surface area contributed by atoms with Gasteiger partial charge in [-0.1, -0.05) is 18.2 Å². The molecule has 1 aromatic rings. The smallest absolute Gasteiger partial charge is 0.239 e. The zero-order chi connectivity index (χ0) is 15.1. The van der Waals surface area contributed by atoms with Crippen LogP contribution < -0.4 is 5.32 Å². The van der Waals surface area contributed by atoms with Crippen LogP contribution in [0.3, 0.4) is 0 Å². The van der Waals surface area contributed by atoms with E-state index in [0.717, 1.165) is 0 Å². The fraction of sp³-hybridized carbons (Fsp3) is 0.467. The minimum atomic E-state index is -0.400. The quantitative estimate of drug-likeness (QED) is 0.863. The third-order valence-corrected chi connectivity index (χ3v) is 2.82. The standard InChI is InChI=1S/C15H21FN2O2/c1-4-18(10-14(19)17-11(2)3)15(20)9-12-7-5-6-8-13(12)16/h5-8,11H,4,9-10H2,1-3H3,(H,17,19). The molecule has 4 nitrogen and oxygen atoms in total. The highest BCUT2D eigenvalue weighted by Gasteiger charge is 2.17. The Morgan fingerprint density at radius 1 is 1.30 bits per heavy atom. The summed E-state index contributed by atoms with van der Waals surface area (Å²) in [5.74, 6) is -0.858. The van der Waals surface area contributed by atoms with Gasteiger partial charge in [0.1, 0.15) is 5.82 Å². The first-order chi connectivity index (χ1) is 9.43. The number of carbonyl (C=O) groups excluding carboxylic acids is 2. The van der Waals surface area contributed by atoms with Crippen LogP contribution in [0.5, 0.6) is 0 Å². The molecule has 1 N–H and O–H groups in total. The molecule has 0 fully saturated rings.